The Morgan fingerprint density at radius 2 is 1.44 bits per heavy atom. The lowest BCUT2D eigenvalue weighted by molar-refractivity contribution is -0.135. The Morgan fingerprint density at radius 1 is 0.815 bits per heavy atom. The molecule has 2 amide bonds. The molecule has 0 saturated carbocycles. The summed E-state index contributed by atoms with van der Waals surface area (Å²) in [6.45, 7) is 12.3. The lowest BCUT2D eigenvalue weighted by Crippen LogP contribution is -2.51. The third-order valence-corrected chi connectivity index (χ3v) is 11.9. The zero-order valence-electron chi connectivity index (χ0n) is 32.4. The lowest BCUT2D eigenvalue weighted by Gasteiger charge is -2.34. The number of nitrogens with zero attached hydrogens (tertiary/aromatic N) is 4. The average molecular weight is 731 g/mol. The fraction of sp³-hybridized carbons (Fsp3) is 0.488. The molecule has 5 heterocycles. The third kappa shape index (κ3) is 6.83. The maximum atomic E-state index is 13.8. The molecule has 5 aromatic rings. The first-order chi connectivity index (χ1) is 26.0. The van der Waals surface area contributed by atoms with Crippen LogP contribution in [0, 0.1) is 5.92 Å². The number of likely N-dealkylation sites (tertiary alicyclic amines) is 1. The number of aromatic nitrogens is 4. The quantitative estimate of drug-likeness (QED) is 0.126. The van der Waals surface area contributed by atoms with Crippen molar-refractivity contribution >= 4 is 39.8 Å². The molecule has 0 bridgehead atoms. The van der Waals surface area contributed by atoms with Gasteiger partial charge in [-0.25, -0.2) is 14.8 Å². The zero-order valence-corrected chi connectivity index (χ0v) is 32.4. The number of amides is 2. The molecule has 284 valence electrons. The number of carbonyl (C=O) groups is 2. The molecular weight excluding hydrogens is 677 g/mol. The Labute approximate surface area is 317 Å². The molecule has 2 unspecified atom stereocenters. The number of rotatable bonds is 8. The largest absolute Gasteiger partial charge is 0.453 e. The summed E-state index contributed by atoms with van der Waals surface area (Å²) < 4.78 is 4.82. The lowest BCUT2D eigenvalue weighted by atomic mass is 9.87. The topological polar surface area (TPSA) is 131 Å². The van der Waals surface area contributed by atoms with Gasteiger partial charge >= 0.3 is 6.09 Å². The van der Waals surface area contributed by atoms with Crippen LogP contribution in [0.1, 0.15) is 126 Å². The van der Waals surface area contributed by atoms with Gasteiger partial charge in [-0.15, -0.1) is 0 Å². The van der Waals surface area contributed by atoms with Crippen molar-refractivity contribution < 1.29 is 14.3 Å². The van der Waals surface area contributed by atoms with Crippen molar-refractivity contribution in [2.75, 3.05) is 25.1 Å². The minimum Gasteiger partial charge on any atom is -0.453 e. The zero-order chi connectivity index (χ0) is 37.7. The number of methoxy groups -OCH3 is 1. The maximum absolute atomic E-state index is 13.8. The Morgan fingerprint density at radius 3 is 2.02 bits per heavy atom. The van der Waals surface area contributed by atoms with Crippen molar-refractivity contribution in [1.82, 2.24) is 35.5 Å². The van der Waals surface area contributed by atoms with Crippen LogP contribution in [0.5, 0.6) is 0 Å². The second kappa shape index (κ2) is 14.4. The van der Waals surface area contributed by atoms with E-state index in [1.165, 1.54) is 35.9 Å². The summed E-state index contributed by atoms with van der Waals surface area (Å²) in [4.78, 5) is 47.6. The van der Waals surface area contributed by atoms with Crippen LogP contribution in [0.3, 0.4) is 0 Å². The van der Waals surface area contributed by atoms with Gasteiger partial charge in [-0.2, -0.15) is 0 Å². The highest BCUT2D eigenvalue weighted by Gasteiger charge is 2.39. The van der Waals surface area contributed by atoms with Gasteiger partial charge in [0.2, 0.25) is 5.91 Å². The van der Waals surface area contributed by atoms with E-state index < -0.39 is 12.1 Å². The second-order valence-corrected chi connectivity index (χ2v) is 16.8. The van der Waals surface area contributed by atoms with E-state index in [1.54, 1.807) is 0 Å². The fourth-order valence-electron chi connectivity index (χ4n) is 8.90. The standard InChI is InChI=1S/C43H54N8O3/c1-25(2)38(49-42(53)54-6)41(52)50-22-8-10-37(50)40-46-31-18-12-27(24-34(31)48-40)36-20-19-35(51(36)29-15-13-28(14-16-29)43(3,4)5)26-11-17-30-33(23-26)47-39(45-30)32-9-7-21-44-32/h11-18,23-25,32,35-38,44H,7-10,19-22H2,1-6H3,(H,45,47)(H,46,48)(H,49,53)/t32-,35+,36+,37?,38?/m0/s1. The average Bonchev–Trinajstić information content (AvgIpc) is 4.01. The van der Waals surface area contributed by atoms with Gasteiger partial charge in [0.25, 0.3) is 0 Å². The van der Waals surface area contributed by atoms with Gasteiger partial charge in [-0.1, -0.05) is 58.9 Å². The van der Waals surface area contributed by atoms with Crippen LogP contribution in [0.4, 0.5) is 10.5 Å². The van der Waals surface area contributed by atoms with E-state index in [0.29, 0.717) is 12.6 Å². The van der Waals surface area contributed by atoms with E-state index in [9.17, 15) is 9.59 Å². The Bertz CT molecular complexity index is 2140. The summed E-state index contributed by atoms with van der Waals surface area (Å²) in [6, 6.07) is 22.3. The van der Waals surface area contributed by atoms with Gasteiger partial charge in [0.05, 0.1) is 53.3 Å². The minimum absolute atomic E-state index is 0.0658. The fourth-order valence-corrected chi connectivity index (χ4v) is 8.90. The molecule has 11 heteroatoms. The molecule has 0 radical (unpaired) electrons. The van der Waals surface area contributed by atoms with Crippen molar-refractivity contribution in [3.8, 4) is 0 Å². The molecule has 5 atom stereocenters. The maximum Gasteiger partial charge on any atom is 0.407 e. The second-order valence-electron chi connectivity index (χ2n) is 16.8. The smallest absolute Gasteiger partial charge is 0.407 e. The molecule has 3 aliphatic heterocycles. The summed E-state index contributed by atoms with van der Waals surface area (Å²) in [5.74, 6) is 1.62. The van der Waals surface area contributed by atoms with E-state index in [4.69, 9.17) is 14.7 Å². The molecular formula is C43H54N8O3. The van der Waals surface area contributed by atoms with Crippen molar-refractivity contribution in [2.24, 2.45) is 5.92 Å². The van der Waals surface area contributed by atoms with Gasteiger partial charge in [0, 0.05) is 12.2 Å². The molecule has 11 nitrogen and oxygen atoms in total. The molecule has 0 spiro atoms. The Hall–Kier alpha value is -4.90. The van der Waals surface area contributed by atoms with E-state index in [0.717, 1.165) is 72.4 Å². The van der Waals surface area contributed by atoms with Crippen LogP contribution in [-0.4, -0.2) is 63.1 Å². The van der Waals surface area contributed by atoms with Gasteiger partial charge in [0.15, 0.2) is 0 Å². The summed E-state index contributed by atoms with van der Waals surface area (Å²) in [5.41, 5.74) is 9.07. The van der Waals surface area contributed by atoms with E-state index in [-0.39, 0.29) is 35.4 Å². The number of imidazole rings is 2. The number of fused-ring (bicyclic) bond motifs is 2. The van der Waals surface area contributed by atoms with Crippen LogP contribution >= 0.6 is 0 Å². The minimum atomic E-state index is -0.673. The number of H-pyrrole nitrogens is 2. The Kier molecular flexibility index (Phi) is 9.62. The predicted octanol–water partition coefficient (Wildman–Crippen LogP) is 8.29. The molecule has 3 aliphatic rings. The first-order valence-corrected chi connectivity index (χ1v) is 19.7. The van der Waals surface area contributed by atoms with Crippen molar-refractivity contribution in [3.05, 3.63) is 89.0 Å². The molecule has 3 fully saturated rings. The SMILES string of the molecule is COC(=O)NC(C(=O)N1CCCC1c1nc2ccc([C@H]3CC[C@H](c4ccc5nc([C@@H]6CCCN6)[nH]c5c4)N3c3ccc(C(C)(C)C)cc3)cc2[nH]1)C(C)C. The summed E-state index contributed by atoms with van der Waals surface area (Å²) >= 11 is 0. The number of ether oxygens (including phenoxy) is 1. The van der Waals surface area contributed by atoms with Gasteiger partial charge < -0.3 is 35.1 Å². The van der Waals surface area contributed by atoms with Crippen molar-refractivity contribution in [3.63, 3.8) is 0 Å². The molecule has 4 N–H and O–H groups in total. The van der Waals surface area contributed by atoms with Crippen LogP contribution in [-0.2, 0) is 14.9 Å². The highest BCUT2D eigenvalue weighted by Crippen LogP contribution is 2.48. The third-order valence-electron chi connectivity index (χ3n) is 11.9. The number of anilines is 1. The number of hydrogen-bond acceptors (Lipinski definition) is 7. The van der Waals surface area contributed by atoms with Crippen molar-refractivity contribution in [1.29, 1.82) is 0 Å². The van der Waals surface area contributed by atoms with Crippen LogP contribution < -0.4 is 15.5 Å². The van der Waals surface area contributed by atoms with Gasteiger partial charge in [-0.05, 0) is 109 Å². The normalized spacial score (nSPS) is 22.5. The van der Waals surface area contributed by atoms with Gasteiger partial charge in [0.1, 0.15) is 17.7 Å². The highest BCUT2D eigenvalue weighted by atomic mass is 16.5. The van der Waals surface area contributed by atoms with Crippen molar-refractivity contribution in [2.45, 2.75) is 109 Å². The monoisotopic (exact) mass is 730 g/mol. The number of carbonyl (C=O) groups excluding carboxylic acids is 2. The molecule has 2 aromatic heterocycles. The first-order valence-electron chi connectivity index (χ1n) is 19.7. The molecule has 3 saturated heterocycles. The predicted molar refractivity (Wildman–Crippen MR) is 212 cm³/mol. The number of benzene rings is 3. The van der Waals surface area contributed by atoms with Gasteiger partial charge in [-0.3, -0.25) is 4.79 Å². The summed E-state index contributed by atoms with van der Waals surface area (Å²) in [6.07, 6.45) is 5.40. The van der Waals surface area contributed by atoms with E-state index in [1.807, 2.05) is 18.7 Å². The first kappa shape index (κ1) is 36.1. The van der Waals surface area contributed by atoms with Crippen LogP contribution in [0.15, 0.2) is 60.7 Å². The summed E-state index contributed by atoms with van der Waals surface area (Å²) in [7, 11) is 1.32. The van der Waals surface area contributed by atoms with Crippen LogP contribution in [0.2, 0.25) is 0 Å². The molecule has 54 heavy (non-hydrogen) atoms. The number of aromatic amines is 2. The van der Waals surface area contributed by atoms with E-state index >= 15 is 0 Å². The van der Waals surface area contributed by atoms with E-state index in [2.05, 4.69) is 107 Å². The molecule has 0 aliphatic carbocycles. The number of hydrogen-bond donors (Lipinski definition) is 4. The Balaban J connectivity index is 1.11. The highest BCUT2D eigenvalue weighted by molar-refractivity contribution is 5.86. The number of nitrogens with one attached hydrogen (secondary N) is 4. The van der Waals surface area contributed by atoms with Crippen LogP contribution in [0.25, 0.3) is 22.1 Å². The molecule has 3 aromatic carbocycles. The summed E-state index contributed by atoms with van der Waals surface area (Å²) in [5, 5.41) is 6.33. The molecule has 8 rings (SSSR count). The number of alkyl carbamates (subject to hydrolysis) is 1.